The summed E-state index contributed by atoms with van der Waals surface area (Å²) in [5.41, 5.74) is 0.500. The molecule has 0 amide bonds. The van der Waals surface area contributed by atoms with Crippen molar-refractivity contribution in [1.29, 1.82) is 0 Å². The SMILES string of the molecule is CC(C)(C)C.CC(C)CC1CC(C)C2CCCCC12.CC(C)CC1CC(C)C2CCCCC12. The van der Waals surface area contributed by atoms with Gasteiger partial charge in [0, 0.05) is 0 Å². The Kier molecular flexibility index (Phi) is 11.8. The van der Waals surface area contributed by atoms with Crippen molar-refractivity contribution in [1.82, 2.24) is 0 Å². The first-order valence-corrected chi connectivity index (χ1v) is 15.4. The normalized spacial score (nSPS) is 38.2. The summed E-state index contributed by atoms with van der Waals surface area (Å²) in [6, 6.07) is 0. The van der Waals surface area contributed by atoms with Gasteiger partial charge in [-0.2, -0.15) is 0 Å². The van der Waals surface area contributed by atoms with E-state index in [0.29, 0.717) is 5.41 Å². The lowest BCUT2D eigenvalue weighted by atomic mass is 9.75. The lowest BCUT2D eigenvalue weighted by Crippen LogP contribution is -2.21. The Balaban J connectivity index is 0.000000195. The van der Waals surface area contributed by atoms with Gasteiger partial charge < -0.3 is 0 Å². The number of hydrogen-bond acceptors (Lipinski definition) is 0. The maximum atomic E-state index is 2.50. The molecule has 0 N–H and O–H groups in total. The number of rotatable bonds is 4. The van der Waals surface area contributed by atoms with Gasteiger partial charge in [-0.3, -0.25) is 0 Å². The standard InChI is InChI=1S/2C14H26.C5H12/c2*1-10(2)8-12-9-11(3)13-6-4-5-7-14(12)13;1-5(2,3)4/h2*10-14H,4-9H2,1-3H3;1-4H3. The van der Waals surface area contributed by atoms with Crippen molar-refractivity contribution in [3.05, 3.63) is 0 Å². The molecular weight excluding hydrogens is 396 g/mol. The molecule has 0 heteroatoms. The zero-order valence-electron chi connectivity index (χ0n) is 24.8. The van der Waals surface area contributed by atoms with E-state index in [4.69, 9.17) is 0 Å². The third-order valence-electron chi connectivity index (χ3n) is 9.32. The van der Waals surface area contributed by atoms with Crippen LogP contribution in [0, 0.1) is 64.6 Å². The average Bonchev–Trinajstić information content (AvgIpc) is 3.18. The lowest BCUT2D eigenvalue weighted by Gasteiger charge is -2.31. The number of fused-ring (bicyclic) bond motifs is 2. The molecule has 0 aliphatic heterocycles. The second-order valence-electron chi connectivity index (χ2n) is 15.4. The predicted octanol–water partition coefficient (Wildman–Crippen LogP) is 11.0. The van der Waals surface area contributed by atoms with Crippen LogP contribution in [0.1, 0.15) is 146 Å². The third kappa shape index (κ3) is 9.88. The van der Waals surface area contributed by atoms with Crippen LogP contribution in [0.4, 0.5) is 0 Å². The summed E-state index contributed by atoms with van der Waals surface area (Å²) in [5, 5.41) is 0. The highest BCUT2D eigenvalue weighted by atomic mass is 14.5. The molecule has 0 heterocycles. The van der Waals surface area contributed by atoms with E-state index in [-0.39, 0.29) is 0 Å². The van der Waals surface area contributed by atoms with Crippen LogP contribution in [-0.4, -0.2) is 0 Å². The summed E-state index contributed by atoms with van der Waals surface area (Å²) in [5.74, 6) is 10.5. The first-order chi connectivity index (χ1) is 15.4. The second kappa shape index (κ2) is 13.3. The van der Waals surface area contributed by atoms with Crippen LogP contribution in [0.2, 0.25) is 0 Å². The van der Waals surface area contributed by atoms with Gasteiger partial charge in [-0.1, -0.05) is 94.9 Å². The summed E-state index contributed by atoms with van der Waals surface area (Å²) < 4.78 is 0. The van der Waals surface area contributed by atoms with Crippen molar-refractivity contribution in [2.75, 3.05) is 0 Å². The van der Waals surface area contributed by atoms with E-state index in [2.05, 4.69) is 69.2 Å². The molecule has 0 aromatic heterocycles. The van der Waals surface area contributed by atoms with Crippen molar-refractivity contribution >= 4 is 0 Å². The molecule has 0 spiro atoms. The molecule has 0 aromatic carbocycles. The third-order valence-corrected chi connectivity index (χ3v) is 9.32. The first-order valence-electron chi connectivity index (χ1n) is 15.4. The first kappa shape index (κ1) is 29.2. The van der Waals surface area contributed by atoms with E-state index in [9.17, 15) is 0 Å². The summed E-state index contributed by atoms with van der Waals surface area (Å²) in [4.78, 5) is 0. The highest BCUT2D eigenvalue weighted by Gasteiger charge is 2.42. The van der Waals surface area contributed by atoms with Crippen LogP contribution < -0.4 is 0 Å². The minimum atomic E-state index is 0.500. The summed E-state index contributed by atoms with van der Waals surface area (Å²) in [6.07, 6.45) is 18.3. The van der Waals surface area contributed by atoms with Crippen LogP contribution >= 0.6 is 0 Å². The van der Waals surface area contributed by atoms with Crippen LogP contribution in [-0.2, 0) is 0 Å². The zero-order valence-corrected chi connectivity index (χ0v) is 24.8. The minimum Gasteiger partial charge on any atom is -0.0628 e. The molecule has 4 aliphatic carbocycles. The lowest BCUT2D eigenvalue weighted by molar-refractivity contribution is 0.195. The molecule has 0 bridgehead atoms. The van der Waals surface area contributed by atoms with Gasteiger partial charge in [0.2, 0.25) is 0 Å². The molecule has 4 saturated carbocycles. The molecule has 0 nitrogen and oxygen atoms in total. The highest BCUT2D eigenvalue weighted by molar-refractivity contribution is 4.92. The van der Waals surface area contributed by atoms with E-state index in [0.717, 1.165) is 59.2 Å². The average molecular weight is 461 g/mol. The molecule has 4 rings (SSSR count). The van der Waals surface area contributed by atoms with Crippen molar-refractivity contribution in [2.45, 2.75) is 146 Å². The van der Waals surface area contributed by atoms with Gasteiger partial charge in [0.1, 0.15) is 0 Å². The Bertz CT molecular complexity index is 475. The molecule has 8 unspecified atom stereocenters. The van der Waals surface area contributed by atoms with Gasteiger partial charge in [-0.05, 0) is 116 Å². The van der Waals surface area contributed by atoms with E-state index < -0.39 is 0 Å². The maximum Gasteiger partial charge on any atom is -0.0355 e. The molecule has 0 radical (unpaired) electrons. The van der Waals surface area contributed by atoms with E-state index in [1.54, 1.807) is 25.7 Å². The Labute approximate surface area is 210 Å². The zero-order chi connectivity index (χ0) is 24.8. The fourth-order valence-corrected chi connectivity index (χ4v) is 8.37. The molecule has 8 atom stereocenters. The molecule has 196 valence electrons. The second-order valence-corrected chi connectivity index (χ2v) is 15.4. The minimum absolute atomic E-state index is 0.500. The smallest absolute Gasteiger partial charge is 0.0355 e. The van der Waals surface area contributed by atoms with Crippen molar-refractivity contribution in [3.63, 3.8) is 0 Å². The van der Waals surface area contributed by atoms with Crippen molar-refractivity contribution in [2.24, 2.45) is 64.6 Å². The number of hydrogen-bond donors (Lipinski definition) is 0. The fourth-order valence-electron chi connectivity index (χ4n) is 8.37. The quantitative estimate of drug-likeness (QED) is 0.391. The van der Waals surface area contributed by atoms with Crippen molar-refractivity contribution < 1.29 is 0 Å². The van der Waals surface area contributed by atoms with Crippen LogP contribution in [0.5, 0.6) is 0 Å². The van der Waals surface area contributed by atoms with Crippen LogP contribution in [0.3, 0.4) is 0 Å². The highest BCUT2D eigenvalue weighted by Crippen LogP contribution is 2.52. The summed E-state index contributed by atoms with van der Waals surface area (Å²) >= 11 is 0. The van der Waals surface area contributed by atoms with Gasteiger partial charge in [0.25, 0.3) is 0 Å². The van der Waals surface area contributed by atoms with Gasteiger partial charge >= 0.3 is 0 Å². The Morgan fingerprint density at radius 2 is 0.818 bits per heavy atom. The van der Waals surface area contributed by atoms with Gasteiger partial charge in [0.05, 0.1) is 0 Å². The van der Waals surface area contributed by atoms with Gasteiger partial charge in [-0.25, -0.2) is 0 Å². The van der Waals surface area contributed by atoms with Crippen molar-refractivity contribution in [3.8, 4) is 0 Å². The van der Waals surface area contributed by atoms with E-state index in [1.165, 1.54) is 51.4 Å². The molecule has 0 saturated heterocycles. The maximum absolute atomic E-state index is 2.50. The van der Waals surface area contributed by atoms with E-state index >= 15 is 0 Å². The van der Waals surface area contributed by atoms with Gasteiger partial charge in [0.15, 0.2) is 0 Å². The molecule has 0 aromatic rings. The Morgan fingerprint density at radius 3 is 1.09 bits per heavy atom. The molecular formula is C33H64. The topological polar surface area (TPSA) is 0 Å². The Morgan fingerprint density at radius 1 is 0.545 bits per heavy atom. The largest absolute Gasteiger partial charge is 0.0628 e. The summed E-state index contributed by atoms with van der Waals surface area (Å²) in [6.45, 7) is 23.3. The summed E-state index contributed by atoms with van der Waals surface area (Å²) in [7, 11) is 0. The van der Waals surface area contributed by atoms with E-state index in [1.807, 2.05) is 0 Å². The molecule has 4 aliphatic rings. The predicted molar refractivity (Wildman–Crippen MR) is 149 cm³/mol. The Hall–Kier alpha value is 0. The van der Waals surface area contributed by atoms with Crippen LogP contribution in [0.25, 0.3) is 0 Å². The fraction of sp³-hybridized carbons (Fsp3) is 1.00. The monoisotopic (exact) mass is 461 g/mol. The van der Waals surface area contributed by atoms with Crippen LogP contribution in [0.15, 0.2) is 0 Å². The molecule has 4 fully saturated rings. The molecule has 33 heavy (non-hydrogen) atoms. The van der Waals surface area contributed by atoms with Gasteiger partial charge in [-0.15, -0.1) is 0 Å².